The number of hydrogen-bond donors (Lipinski definition) is 0. The average Bonchev–Trinajstić information content (AvgIpc) is 2.99. The van der Waals surface area contributed by atoms with E-state index in [1.54, 1.807) is 38.7 Å². The van der Waals surface area contributed by atoms with E-state index in [0.29, 0.717) is 24.6 Å². The zero-order valence-electron chi connectivity index (χ0n) is 17.3. The molecule has 29 heavy (non-hydrogen) atoms. The van der Waals surface area contributed by atoms with Crippen LogP contribution in [0, 0.1) is 6.92 Å². The third-order valence-electron chi connectivity index (χ3n) is 4.86. The predicted octanol–water partition coefficient (Wildman–Crippen LogP) is 3.29. The lowest BCUT2D eigenvalue weighted by atomic mass is 10.1. The second-order valence-corrected chi connectivity index (χ2v) is 8.25. The predicted molar refractivity (Wildman–Crippen MR) is 99.7 cm³/mol. The van der Waals surface area contributed by atoms with Crippen LogP contribution in [0.1, 0.15) is 46.1 Å². The van der Waals surface area contributed by atoms with Crippen molar-refractivity contribution >= 4 is 17.7 Å². The molecule has 0 bridgehead atoms. The molecule has 160 valence electrons. The highest BCUT2D eigenvalue weighted by atomic mass is 19.4. The molecule has 1 saturated heterocycles. The van der Waals surface area contributed by atoms with Gasteiger partial charge >= 0.3 is 12.3 Å². The van der Waals surface area contributed by atoms with Crippen molar-refractivity contribution in [2.24, 2.45) is 0 Å². The van der Waals surface area contributed by atoms with Gasteiger partial charge in [0, 0.05) is 30.9 Å². The van der Waals surface area contributed by atoms with Crippen molar-refractivity contribution in [1.82, 2.24) is 24.5 Å². The molecule has 0 N–H and O–H groups in total. The Morgan fingerprint density at radius 3 is 2.38 bits per heavy atom. The van der Waals surface area contributed by atoms with E-state index < -0.39 is 23.7 Å². The molecule has 3 rings (SSSR count). The molecule has 0 radical (unpaired) electrons. The first kappa shape index (κ1) is 21.1. The van der Waals surface area contributed by atoms with Gasteiger partial charge in [-0.2, -0.15) is 22.7 Å². The average molecular weight is 414 g/mol. The summed E-state index contributed by atoms with van der Waals surface area (Å²) in [5.41, 5.74) is -0.0802. The minimum atomic E-state index is -4.66. The Hall–Kier alpha value is -2.59. The lowest BCUT2D eigenvalue weighted by Gasteiger charge is -2.45. The maximum atomic E-state index is 13.1. The molecule has 0 spiro atoms. The van der Waals surface area contributed by atoms with Crippen molar-refractivity contribution in [3.05, 3.63) is 17.6 Å². The van der Waals surface area contributed by atoms with E-state index in [1.165, 1.54) is 0 Å². The monoisotopic (exact) mass is 414 g/mol. The van der Waals surface area contributed by atoms with Crippen LogP contribution >= 0.6 is 0 Å². The van der Waals surface area contributed by atoms with E-state index in [1.807, 2.05) is 18.7 Å². The Kier molecular flexibility index (Phi) is 5.12. The van der Waals surface area contributed by atoms with E-state index in [4.69, 9.17) is 4.74 Å². The molecular weight excluding hydrogens is 389 g/mol. The van der Waals surface area contributed by atoms with Crippen LogP contribution in [0.5, 0.6) is 0 Å². The first-order valence-corrected chi connectivity index (χ1v) is 9.36. The minimum absolute atomic E-state index is 0.109. The number of carbonyl (C=O) groups is 1. The number of anilines is 1. The molecular formula is C18H25F3N6O2. The molecule has 1 amide bonds. The Morgan fingerprint density at radius 2 is 1.79 bits per heavy atom. The van der Waals surface area contributed by atoms with Crippen molar-refractivity contribution in [2.45, 2.75) is 65.4 Å². The summed E-state index contributed by atoms with van der Waals surface area (Å²) in [4.78, 5) is 23.7. The maximum Gasteiger partial charge on any atom is 0.453 e. The van der Waals surface area contributed by atoms with Crippen LogP contribution in [0.3, 0.4) is 0 Å². The second-order valence-electron chi connectivity index (χ2n) is 8.25. The van der Waals surface area contributed by atoms with Crippen LogP contribution in [0.15, 0.2) is 6.07 Å². The van der Waals surface area contributed by atoms with Gasteiger partial charge < -0.3 is 14.5 Å². The summed E-state index contributed by atoms with van der Waals surface area (Å²) in [7, 11) is 0. The van der Waals surface area contributed by atoms with Gasteiger partial charge in [-0.3, -0.25) is 0 Å². The first-order valence-electron chi connectivity index (χ1n) is 9.36. The second kappa shape index (κ2) is 7.03. The van der Waals surface area contributed by atoms with Gasteiger partial charge in [-0.05, 0) is 41.5 Å². The highest BCUT2D eigenvalue weighted by Gasteiger charge is 2.39. The fourth-order valence-corrected chi connectivity index (χ4v) is 3.34. The number of aromatic nitrogens is 4. The number of aryl methyl sites for hydroxylation is 1. The van der Waals surface area contributed by atoms with Crippen LogP contribution in [-0.2, 0) is 10.9 Å². The quantitative estimate of drug-likeness (QED) is 0.713. The van der Waals surface area contributed by atoms with Crippen LogP contribution in [0.2, 0.25) is 0 Å². The summed E-state index contributed by atoms with van der Waals surface area (Å²) in [6.07, 6.45) is -5.07. The number of alkyl halides is 3. The maximum absolute atomic E-state index is 13.1. The van der Waals surface area contributed by atoms with Crippen LogP contribution < -0.4 is 4.90 Å². The highest BCUT2D eigenvalue weighted by Crippen LogP contribution is 2.30. The number of fused-ring (bicyclic) bond motifs is 1. The van der Waals surface area contributed by atoms with E-state index in [-0.39, 0.29) is 17.9 Å². The molecule has 1 aliphatic rings. The summed E-state index contributed by atoms with van der Waals surface area (Å²) in [6, 6.07) is 1.25. The van der Waals surface area contributed by atoms with Crippen molar-refractivity contribution in [1.29, 1.82) is 0 Å². The number of nitrogens with zero attached hydrogens (tertiary/aromatic N) is 6. The van der Waals surface area contributed by atoms with E-state index in [2.05, 4.69) is 15.1 Å². The normalized spacial score (nSPS) is 21.0. The lowest BCUT2D eigenvalue weighted by molar-refractivity contribution is -0.144. The molecule has 1 aliphatic heterocycles. The molecule has 2 aromatic heterocycles. The van der Waals surface area contributed by atoms with E-state index >= 15 is 0 Å². The topological polar surface area (TPSA) is 75.9 Å². The molecule has 3 heterocycles. The summed E-state index contributed by atoms with van der Waals surface area (Å²) < 4.78 is 45.8. The molecule has 0 unspecified atom stereocenters. The molecule has 0 aliphatic carbocycles. The number of amides is 1. The molecule has 2 aromatic rings. The molecule has 11 heteroatoms. The zero-order valence-corrected chi connectivity index (χ0v) is 17.3. The Morgan fingerprint density at radius 1 is 1.14 bits per heavy atom. The number of piperazine rings is 1. The van der Waals surface area contributed by atoms with Gasteiger partial charge in [-0.15, -0.1) is 5.10 Å². The number of halogens is 3. The van der Waals surface area contributed by atoms with Crippen molar-refractivity contribution in [3.63, 3.8) is 0 Å². The Balaban J connectivity index is 1.93. The standard InChI is InChI=1S/C18H25F3N6O2/c1-10-9-13(27-15(22-10)23-14(24-27)18(19,20)21)25-7-8-26(12(3)11(25)2)16(28)29-17(4,5)6/h9,11-12H,7-8H2,1-6H3/t11-,12+/m1/s1. The number of hydrogen-bond acceptors (Lipinski definition) is 6. The summed E-state index contributed by atoms with van der Waals surface area (Å²) >= 11 is 0. The van der Waals surface area contributed by atoms with Crippen molar-refractivity contribution in [3.8, 4) is 0 Å². The third kappa shape index (κ3) is 4.23. The molecule has 1 fully saturated rings. The van der Waals surface area contributed by atoms with Gasteiger partial charge in [0.25, 0.3) is 11.6 Å². The van der Waals surface area contributed by atoms with E-state index in [0.717, 1.165) is 4.52 Å². The van der Waals surface area contributed by atoms with Crippen LogP contribution in [0.25, 0.3) is 5.78 Å². The molecule has 0 saturated carbocycles. The zero-order chi connectivity index (χ0) is 21.7. The van der Waals surface area contributed by atoms with Gasteiger partial charge in [-0.25, -0.2) is 9.78 Å². The smallest absolute Gasteiger partial charge is 0.444 e. The van der Waals surface area contributed by atoms with Crippen molar-refractivity contribution in [2.75, 3.05) is 18.0 Å². The fraction of sp³-hybridized carbons (Fsp3) is 0.667. The minimum Gasteiger partial charge on any atom is -0.444 e. The SMILES string of the molecule is Cc1cc(N2CCN(C(=O)OC(C)(C)C)[C@@H](C)[C@H]2C)n2nc(C(F)(F)F)nc2n1. The molecule has 2 atom stereocenters. The number of ether oxygens (including phenoxy) is 1. The Bertz CT molecular complexity index is 921. The van der Waals surface area contributed by atoms with Crippen LogP contribution in [0.4, 0.5) is 23.8 Å². The van der Waals surface area contributed by atoms with Gasteiger partial charge in [0.2, 0.25) is 0 Å². The molecule has 0 aromatic carbocycles. The number of carbonyl (C=O) groups excluding carboxylic acids is 1. The van der Waals surface area contributed by atoms with Gasteiger partial charge in [0.1, 0.15) is 11.4 Å². The summed E-state index contributed by atoms with van der Waals surface area (Å²) in [5.74, 6) is -0.884. The van der Waals surface area contributed by atoms with Crippen LogP contribution in [-0.4, -0.2) is 61.3 Å². The number of rotatable bonds is 1. The third-order valence-corrected chi connectivity index (χ3v) is 4.86. The van der Waals surface area contributed by atoms with Gasteiger partial charge in [0.15, 0.2) is 0 Å². The van der Waals surface area contributed by atoms with E-state index in [9.17, 15) is 18.0 Å². The largest absolute Gasteiger partial charge is 0.453 e. The fourth-order valence-electron chi connectivity index (χ4n) is 3.34. The Labute approximate surface area is 166 Å². The lowest BCUT2D eigenvalue weighted by Crippen LogP contribution is -2.60. The highest BCUT2D eigenvalue weighted by molar-refractivity contribution is 5.69. The van der Waals surface area contributed by atoms with Gasteiger partial charge in [0.05, 0.1) is 6.04 Å². The first-order chi connectivity index (χ1) is 13.3. The van der Waals surface area contributed by atoms with Crippen molar-refractivity contribution < 1.29 is 22.7 Å². The summed E-state index contributed by atoms with van der Waals surface area (Å²) in [6.45, 7) is 11.7. The summed E-state index contributed by atoms with van der Waals surface area (Å²) in [5, 5.41) is 3.63. The van der Waals surface area contributed by atoms with Gasteiger partial charge in [-0.1, -0.05) is 0 Å². The molecule has 8 nitrogen and oxygen atoms in total.